The zero-order valence-electron chi connectivity index (χ0n) is 14.7. The lowest BCUT2D eigenvalue weighted by Crippen LogP contribution is -2.32. The first kappa shape index (κ1) is 17.5. The average Bonchev–Trinajstić information content (AvgIpc) is 3.00. The number of benzene rings is 1. The summed E-state index contributed by atoms with van der Waals surface area (Å²) in [4.78, 5) is 34.8. The fourth-order valence-corrected chi connectivity index (χ4v) is 3.92. The summed E-state index contributed by atoms with van der Waals surface area (Å²) >= 11 is 1.33. The molecule has 1 amide bonds. The van der Waals surface area contributed by atoms with Gasteiger partial charge in [0.25, 0.3) is 5.56 Å². The molecule has 0 unspecified atom stereocenters. The zero-order chi connectivity index (χ0) is 18.0. The molecule has 0 aliphatic carbocycles. The zero-order valence-corrected chi connectivity index (χ0v) is 15.5. The van der Waals surface area contributed by atoms with Crippen molar-refractivity contribution in [1.29, 1.82) is 0 Å². The van der Waals surface area contributed by atoms with Gasteiger partial charge in [0.05, 0.1) is 5.75 Å². The maximum absolute atomic E-state index is 12.8. The van der Waals surface area contributed by atoms with Crippen molar-refractivity contribution in [2.45, 2.75) is 32.5 Å². The Morgan fingerprint density at radius 2 is 1.96 bits per heavy atom. The lowest BCUT2D eigenvalue weighted by molar-refractivity contribution is -0.127. The number of fused-ring (bicyclic) bond motifs is 3. The largest absolute Gasteiger partial charge is 0.349 e. The van der Waals surface area contributed by atoms with Crippen LogP contribution >= 0.6 is 11.8 Å². The highest BCUT2D eigenvalue weighted by molar-refractivity contribution is 7.99. The van der Waals surface area contributed by atoms with Crippen LogP contribution in [0.25, 0.3) is 21.9 Å². The highest BCUT2D eigenvalue weighted by Gasteiger charge is 2.17. The molecular weight excluding hydrogens is 336 g/mol. The van der Waals surface area contributed by atoms with Gasteiger partial charge in [-0.3, -0.25) is 14.2 Å². The van der Waals surface area contributed by atoms with Crippen molar-refractivity contribution >= 4 is 39.6 Å². The number of hydrogen-bond acceptors (Lipinski definition) is 4. The van der Waals surface area contributed by atoms with E-state index in [0.717, 1.165) is 10.9 Å². The number of para-hydroxylation sites is 1. The van der Waals surface area contributed by atoms with E-state index in [1.807, 2.05) is 45.0 Å². The lowest BCUT2D eigenvalue weighted by Gasteiger charge is -2.18. The normalized spacial score (nSPS) is 11.3. The van der Waals surface area contributed by atoms with Gasteiger partial charge in [-0.2, -0.15) is 0 Å². The number of carbonyl (C=O) groups is 1. The SMILES string of the molecule is CCN(CC)C(=O)CSc1nc2c([nH]c3ccccc32)c(=O)n1CC. The monoisotopic (exact) mass is 358 g/mol. The van der Waals surface area contributed by atoms with E-state index in [9.17, 15) is 9.59 Å². The third-order valence-corrected chi connectivity index (χ3v) is 5.29. The van der Waals surface area contributed by atoms with Crippen molar-refractivity contribution in [2.75, 3.05) is 18.8 Å². The number of amides is 1. The first-order chi connectivity index (χ1) is 12.1. The molecule has 0 atom stereocenters. The molecule has 25 heavy (non-hydrogen) atoms. The first-order valence-corrected chi connectivity index (χ1v) is 9.51. The molecule has 1 aromatic carbocycles. The standard InChI is InChI=1S/C18H22N4O2S/c1-4-21(5-2)14(23)11-25-18-20-15-12-9-7-8-10-13(12)19-16(15)17(24)22(18)6-3/h7-10,19H,4-6,11H2,1-3H3. The molecule has 3 aromatic rings. The second-order valence-corrected chi connectivity index (χ2v) is 6.64. The Bertz CT molecular complexity index is 972. The minimum absolute atomic E-state index is 0.0610. The van der Waals surface area contributed by atoms with Crippen molar-refractivity contribution in [3.8, 4) is 0 Å². The first-order valence-electron chi connectivity index (χ1n) is 8.52. The third-order valence-electron chi connectivity index (χ3n) is 4.33. The molecule has 6 nitrogen and oxygen atoms in total. The molecular formula is C18H22N4O2S. The van der Waals surface area contributed by atoms with Crippen LogP contribution in [0.3, 0.4) is 0 Å². The molecule has 2 aromatic heterocycles. The highest BCUT2D eigenvalue weighted by Crippen LogP contribution is 2.24. The van der Waals surface area contributed by atoms with Crippen LogP contribution in [-0.2, 0) is 11.3 Å². The Kier molecular flexibility index (Phi) is 5.13. The van der Waals surface area contributed by atoms with E-state index in [4.69, 9.17) is 4.98 Å². The Balaban J connectivity index is 2.03. The van der Waals surface area contributed by atoms with Crippen LogP contribution in [0, 0.1) is 0 Å². The summed E-state index contributed by atoms with van der Waals surface area (Å²) in [5, 5.41) is 1.51. The number of aromatic nitrogens is 3. The fraction of sp³-hybridized carbons (Fsp3) is 0.389. The van der Waals surface area contributed by atoms with E-state index in [0.29, 0.717) is 35.8 Å². The van der Waals surface area contributed by atoms with E-state index >= 15 is 0 Å². The molecule has 1 N–H and O–H groups in total. The average molecular weight is 358 g/mol. The Morgan fingerprint density at radius 3 is 2.64 bits per heavy atom. The molecule has 0 radical (unpaired) electrons. The van der Waals surface area contributed by atoms with E-state index < -0.39 is 0 Å². The van der Waals surface area contributed by atoms with Crippen LogP contribution in [0.5, 0.6) is 0 Å². The van der Waals surface area contributed by atoms with Gasteiger partial charge in [-0.15, -0.1) is 0 Å². The molecule has 0 fully saturated rings. The van der Waals surface area contributed by atoms with Crippen molar-refractivity contribution in [3.05, 3.63) is 34.6 Å². The van der Waals surface area contributed by atoms with Crippen molar-refractivity contribution in [1.82, 2.24) is 19.4 Å². The van der Waals surface area contributed by atoms with Gasteiger partial charge >= 0.3 is 0 Å². The molecule has 3 rings (SSSR count). The van der Waals surface area contributed by atoms with E-state index in [2.05, 4.69) is 4.98 Å². The van der Waals surface area contributed by atoms with Crippen LogP contribution < -0.4 is 5.56 Å². The number of rotatable bonds is 6. The second kappa shape index (κ2) is 7.31. The van der Waals surface area contributed by atoms with Crippen LogP contribution in [0.4, 0.5) is 0 Å². The van der Waals surface area contributed by atoms with Crippen LogP contribution in [-0.4, -0.2) is 44.2 Å². The highest BCUT2D eigenvalue weighted by atomic mass is 32.2. The van der Waals surface area contributed by atoms with Gasteiger partial charge in [-0.05, 0) is 26.8 Å². The fourth-order valence-electron chi connectivity index (χ4n) is 2.96. The number of nitrogens with one attached hydrogen (secondary N) is 1. The Hall–Kier alpha value is -2.28. The van der Waals surface area contributed by atoms with Gasteiger partial charge in [0.1, 0.15) is 11.0 Å². The van der Waals surface area contributed by atoms with Crippen LogP contribution in [0.1, 0.15) is 20.8 Å². The van der Waals surface area contributed by atoms with Gasteiger partial charge in [0, 0.05) is 30.5 Å². The quantitative estimate of drug-likeness (QED) is 0.543. The number of hydrogen-bond donors (Lipinski definition) is 1. The minimum Gasteiger partial charge on any atom is -0.349 e. The van der Waals surface area contributed by atoms with Crippen LogP contribution in [0.2, 0.25) is 0 Å². The molecule has 7 heteroatoms. The summed E-state index contributed by atoms with van der Waals surface area (Å²) in [5.74, 6) is 0.341. The summed E-state index contributed by atoms with van der Waals surface area (Å²) in [6.07, 6.45) is 0. The predicted molar refractivity (Wildman–Crippen MR) is 102 cm³/mol. The van der Waals surface area contributed by atoms with Gasteiger partial charge in [-0.25, -0.2) is 4.98 Å². The number of carbonyl (C=O) groups excluding carboxylic acids is 1. The van der Waals surface area contributed by atoms with Crippen molar-refractivity contribution < 1.29 is 4.79 Å². The van der Waals surface area contributed by atoms with Gasteiger partial charge in [0.15, 0.2) is 5.16 Å². The lowest BCUT2D eigenvalue weighted by atomic mass is 10.2. The predicted octanol–water partition coefficient (Wildman–Crippen LogP) is 2.86. The molecule has 0 bridgehead atoms. The molecule has 0 aliphatic rings. The van der Waals surface area contributed by atoms with Gasteiger partial charge in [-0.1, -0.05) is 30.0 Å². The van der Waals surface area contributed by atoms with Gasteiger partial charge < -0.3 is 9.88 Å². The molecule has 0 saturated carbocycles. The number of thioether (sulfide) groups is 1. The second-order valence-electron chi connectivity index (χ2n) is 5.69. The van der Waals surface area contributed by atoms with E-state index in [1.165, 1.54) is 11.8 Å². The summed E-state index contributed by atoms with van der Waals surface area (Å²) in [5.41, 5.74) is 1.98. The Morgan fingerprint density at radius 1 is 1.24 bits per heavy atom. The smallest absolute Gasteiger partial charge is 0.278 e. The molecule has 2 heterocycles. The number of H-pyrrole nitrogens is 1. The van der Waals surface area contributed by atoms with Crippen molar-refractivity contribution in [2.24, 2.45) is 0 Å². The topological polar surface area (TPSA) is 71.0 Å². The third kappa shape index (κ3) is 3.16. The summed E-state index contributed by atoms with van der Waals surface area (Å²) < 4.78 is 1.62. The van der Waals surface area contributed by atoms with E-state index in [1.54, 1.807) is 9.47 Å². The minimum atomic E-state index is -0.0958. The maximum Gasteiger partial charge on any atom is 0.278 e. The summed E-state index contributed by atoms with van der Waals surface area (Å²) in [7, 11) is 0. The summed E-state index contributed by atoms with van der Waals surface area (Å²) in [6.45, 7) is 7.72. The number of nitrogens with zero attached hydrogens (tertiary/aromatic N) is 3. The maximum atomic E-state index is 12.8. The van der Waals surface area contributed by atoms with Gasteiger partial charge in [0.2, 0.25) is 5.91 Å². The molecule has 0 saturated heterocycles. The molecule has 0 spiro atoms. The van der Waals surface area contributed by atoms with E-state index in [-0.39, 0.29) is 17.2 Å². The molecule has 132 valence electrons. The molecule has 0 aliphatic heterocycles. The number of aromatic amines is 1. The Labute approximate surface area is 150 Å². The van der Waals surface area contributed by atoms with Crippen molar-refractivity contribution in [3.63, 3.8) is 0 Å². The van der Waals surface area contributed by atoms with Crippen LogP contribution in [0.15, 0.2) is 34.2 Å². The summed E-state index contributed by atoms with van der Waals surface area (Å²) in [6, 6.07) is 7.74.